The lowest BCUT2D eigenvalue weighted by Crippen LogP contribution is -2.33. The van der Waals surface area contributed by atoms with Crippen LogP contribution in [0.5, 0.6) is 0 Å². The minimum atomic E-state index is -2.88. The monoisotopic (exact) mass is 565 g/mol. The number of thiazole rings is 1. The topological polar surface area (TPSA) is 116 Å². The number of nitrogens with zero attached hydrogens (tertiary/aromatic N) is 4. The van der Waals surface area contributed by atoms with Gasteiger partial charge in [0, 0.05) is 22.6 Å². The number of allylic oxidation sites excluding steroid dienone is 1. The summed E-state index contributed by atoms with van der Waals surface area (Å²) in [7, 11) is -2.88. The molecule has 3 heterocycles. The summed E-state index contributed by atoms with van der Waals surface area (Å²) in [5.41, 5.74) is 1.32. The molecular formula is C21H18N4O5PS4+. The number of thioether (sulfide) groups is 2. The average molecular weight is 566 g/mol. The summed E-state index contributed by atoms with van der Waals surface area (Å²) in [5, 5.41) is 10.1. The van der Waals surface area contributed by atoms with Crippen LogP contribution in [0.25, 0.3) is 11.0 Å². The van der Waals surface area contributed by atoms with Crippen molar-refractivity contribution in [1.29, 1.82) is 5.26 Å². The fourth-order valence-corrected chi connectivity index (χ4v) is 7.32. The van der Waals surface area contributed by atoms with Gasteiger partial charge in [0.1, 0.15) is 9.57 Å². The molecule has 0 aliphatic carbocycles. The number of hydrogen-bond donors (Lipinski definition) is 1. The van der Waals surface area contributed by atoms with Gasteiger partial charge in [0.2, 0.25) is 0 Å². The molecule has 1 N–H and O–H groups in total. The van der Waals surface area contributed by atoms with E-state index < -0.39 is 20.9 Å². The van der Waals surface area contributed by atoms with E-state index in [-0.39, 0.29) is 14.8 Å². The SMILES string of the molecule is CCN1/C(=C/C=c2/s/c(=C3\SC(=S)N(CO[P+](=O)O)C3=O)n(CC)c2=O)Sc2ccc(C#N)cc21. The molecule has 0 saturated carbocycles. The second-order valence-corrected chi connectivity index (χ2v) is 11.5. The molecule has 0 spiro atoms. The van der Waals surface area contributed by atoms with E-state index in [0.717, 1.165) is 32.3 Å². The maximum absolute atomic E-state index is 13.1. The molecule has 14 heteroatoms. The van der Waals surface area contributed by atoms with Crippen LogP contribution in [0.2, 0.25) is 0 Å². The molecule has 2 aliphatic rings. The Bertz CT molecular complexity index is 1510. The Morgan fingerprint density at radius 3 is 2.63 bits per heavy atom. The van der Waals surface area contributed by atoms with Crippen LogP contribution in [-0.4, -0.2) is 37.9 Å². The fourth-order valence-electron chi connectivity index (χ4n) is 3.50. The molecule has 180 valence electrons. The van der Waals surface area contributed by atoms with E-state index in [4.69, 9.17) is 17.1 Å². The van der Waals surface area contributed by atoms with Crippen molar-refractivity contribution in [2.45, 2.75) is 25.3 Å². The number of rotatable bonds is 6. The third kappa shape index (κ3) is 5.01. The maximum atomic E-state index is 13.1. The zero-order valence-corrected chi connectivity index (χ0v) is 22.6. The van der Waals surface area contributed by atoms with E-state index in [2.05, 4.69) is 15.5 Å². The lowest BCUT2D eigenvalue weighted by molar-refractivity contribution is -0.122. The number of carbonyl (C=O) groups excluding carboxylic acids is 1. The number of benzene rings is 1. The van der Waals surface area contributed by atoms with Crippen molar-refractivity contribution in [3.63, 3.8) is 0 Å². The van der Waals surface area contributed by atoms with Gasteiger partial charge < -0.3 is 4.90 Å². The second kappa shape index (κ2) is 10.8. The summed E-state index contributed by atoms with van der Waals surface area (Å²) >= 11 is 9.01. The smallest absolute Gasteiger partial charge is 0.335 e. The summed E-state index contributed by atoms with van der Waals surface area (Å²) in [4.78, 5) is 39.4. The van der Waals surface area contributed by atoms with E-state index in [1.807, 2.05) is 32.1 Å². The van der Waals surface area contributed by atoms with Crippen LogP contribution < -0.4 is 19.7 Å². The number of amides is 1. The Morgan fingerprint density at radius 2 is 1.97 bits per heavy atom. The molecule has 1 fully saturated rings. The lowest BCUT2D eigenvalue weighted by Gasteiger charge is -2.17. The molecule has 0 radical (unpaired) electrons. The number of hydrogen-bond acceptors (Lipinski definition) is 10. The van der Waals surface area contributed by atoms with Crippen LogP contribution in [0, 0.1) is 11.3 Å². The first-order valence-corrected chi connectivity index (χ1v) is 14.3. The summed E-state index contributed by atoms with van der Waals surface area (Å²) in [5.74, 6) is -0.475. The first-order valence-electron chi connectivity index (χ1n) is 10.3. The normalized spacial score (nSPS) is 19.1. The molecule has 0 bridgehead atoms. The largest absolute Gasteiger partial charge is 0.696 e. The van der Waals surface area contributed by atoms with Crippen LogP contribution in [0.4, 0.5) is 5.69 Å². The van der Waals surface area contributed by atoms with Gasteiger partial charge in [0.15, 0.2) is 11.1 Å². The van der Waals surface area contributed by atoms with Crippen molar-refractivity contribution < 1.29 is 18.8 Å². The molecule has 1 aromatic heterocycles. The summed E-state index contributed by atoms with van der Waals surface area (Å²) in [6.45, 7) is 4.44. The molecule has 4 rings (SSSR count). The molecule has 2 aromatic rings. The number of thiocarbonyl (C=S) groups is 1. The minimum absolute atomic E-state index is 0.188. The van der Waals surface area contributed by atoms with Crippen molar-refractivity contribution >= 4 is 82.2 Å². The molecular weight excluding hydrogens is 547 g/mol. The van der Waals surface area contributed by atoms with Crippen LogP contribution in [-0.2, 0) is 20.4 Å². The summed E-state index contributed by atoms with van der Waals surface area (Å²) < 4.78 is 18.1. The highest BCUT2D eigenvalue weighted by Gasteiger charge is 2.36. The highest BCUT2D eigenvalue weighted by atomic mass is 32.2. The molecule has 2 aliphatic heterocycles. The Morgan fingerprint density at radius 1 is 1.20 bits per heavy atom. The molecule has 1 unspecified atom stereocenters. The van der Waals surface area contributed by atoms with Gasteiger partial charge in [-0.2, -0.15) is 5.26 Å². The van der Waals surface area contributed by atoms with Crippen molar-refractivity contribution in [3.05, 3.63) is 54.4 Å². The maximum Gasteiger partial charge on any atom is 0.696 e. The van der Waals surface area contributed by atoms with Gasteiger partial charge in [-0.15, -0.1) is 16.2 Å². The first kappa shape index (κ1) is 25.8. The Balaban J connectivity index is 1.75. The summed E-state index contributed by atoms with van der Waals surface area (Å²) in [6.07, 6.45) is 3.61. The molecule has 1 saturated heterocycles. The average Bonchev–Trinajstić information content (AvgIpc) is 3.45. The fraction of sp³-hybridized carbons (Fsp3) is 0.238. The third-order valence-electron chi connectivity index (χ3n) is 5.12. The first-order chi connectivity index (χ1) is 16.8. The van der Waals surface area contributed by atoms with Crippen molar-refractivity contribution in [2.75, 3.05) is 18.2 Å². The summed E-state index contributed by atoms with van der Waals surface area (Å²) in [6, 6.07) is 7.71. The minimum Gasteiger partial charge on any atom is -0.335 e. The van der Waals surface area contributed by atoms with Crippen molar-refractivity contribution in [1.82, 2.24) is 9.47 Å². The van der Waals surface area contributed by atoms with E-state index in [0.29, 0.717) is 27.8 Å². The zero-order valence-electron chi connectivity index (χ0n) is 18.5. The highest BCUT2D eigenvalue weighted by molar-refractivity contribution is 8.30. The van der Waals surface area contributed by atoms with E-state index in [1.165, 1.54) is 15.9 Å². The molecule has 9 nitrogen and oxygen atoms in total. The van der Waals surface area contributed by atoms with Gasteiger partial charge in [-0.3, -0.25) is 19.1 Å². The number of nitriles is 1. The van der Waals surface area contributed by atoms with Crippen molar-refractivity contribution in [2.24, 2.45) is 0 Å². The van der Waals surface area contributed by atoms with Crippen LogP contribution in [0.15, 0.2) is 39.0 Å². The Hall–Kier alpha value is -2.30. The third-order valence-corrected chi connectivity index (χ3v) is 9.30. The van der Waals surface area contributed by atoms with E-state index in [1.54, 1.807) is 23.9 Å². The zero-order chi connectivity index (χ0) is 25.3. The number of fused-ring (bicyclic) bond motifs is 1. The quantitative estimate of drug-likeness (QED) is 0.414. The number of carbonyl (C=O) groups is 1. The number of anilines is 1. The van der Waals surface area contributed by atoms with Crippen LogP contribution in [0.3, 0.4) is 0 Å². The Labute approximate surface area is 218 Å². The predicted octanol–water partition coefficient (Wildman–Crippen LogP) is 2.65. The number of aromatic nitrogens is 1. The van der Waals surface area contributed by atoms with Gasteiger partial charge in [0.05, 0.1) is 26.9 Å². The van der Waals surface area contributed by atoms with Gasteiger partial charge >= 0.3 is 8.25 Å². The predicted molar refractivity (Wildman–Crippen MR) is 142 cm³/mol. The molecule has 35 heavy (non-hydrogen) atoms. The molecule has 1 amide bonds. The molecule has 1 atom stereocenters. The second-order valence-electron chi connectivity index (χ2n) is 7.06. The van der Waals surface area contributed by atoms with Gasteiger partial charge in [0.25, 0.3) is 11.5 Å². The lowest BCUT2D eigenvalue weighted by atomic mass is 10.2. The van der Waals surface area contributed by atoms with Crippen molar-refractivity contribution in [3.8, 4) is 6.07 Å². The molecule has 1 aromatic carbocycles. The van der Waals surface area contributed by atoms with E-state index in [9.17, 15) is 19.4 Å². The van der Waals surface area contributed by atoms with Crippen LogP contribution >= 0.6 is 55.3 Å². The Kier molecular flexibility index (Phi) is 7.92. The van der Waals surface area contributed by atoms with Crippen LogP contribution in [0.1, 0.15) is 19.4 Å². The van der Waals surface area contributed by atoms with Gasteiger partial charge in [-0.05, 0) is 44.2 Å². The van der Waals surface area contributed by atoms with Gasteiger partial charge in [-0.1, -0.05) is 40.3 Å². The van der Waals surface area contributed by atoms with Gasteiger partial charge in [-0.25, -0.2) is 0 Å². The van der Waals surface area contributed by atoms with E-state index >= 15 is 0 Å². The highest BCUT2D eigenvalue weighted by Crippen LogP contribution is 2.46. The standard InChI is InChI=1S/C21H17N4O5PS4/c1-3-23-13-9-12(10-22)5-6-14(13)33-16(23)8-7-15-18(26)24(4-2)20(34-15)17-19(27)25(21(32)35-17)11-30-31(28)29/h5-9H,3-4,11H2,1-2H3/p+1/b15-7+,16-8-,20-17-.